The molecule has 146 valence electrons. The molecule has 0 saturated heterocycles. The average Bonchev–Trinajstić information content (AvgIpc) is 2.69. The Morgan fingerprint density at radius 3 is 2.75 bits per heavy atom. The number of carbonyl (C=O) groups excluding carboxylic acids is 1. The van der Waals surface area contributed by atoms with Crippen molar-refractivity contribution < 1.29 is 4.79 Å². The van der Waals surface area contributed by atoms with Crippen molar-refractivity contribution in [2.24, 2.45) is 11.0 Å². The summed E-state index contributed by atoms with van der Waals surface area (Å²) in [7, 11) is 0. The minimum Gasteiger partial charge on any atom is -0.267 e. The zero-order chi connectivity index (χ0) is 20.3. The van der Waals surface area contributed by atoms with Gasteiger partial charge in [0, 0.05) is 11.9 Å². The molecule has 3 rings (SSSR count). The second-order valence-electron chi connectivity index (χ2n) is 7.29. The van der Waals surface area contributed by atoms with E-state index in [0.29, 0.717) is 23.2 Å². The fraction of sp³-hybridized carbons (Fsp3) is 0.364. The van der Waals surface area contributed by atoms with Crippen LogP contribution in [-0.4, -0.2) is 21.4 Å². The van der Waals surface area contributed by atoms with Crippen LogP contribution < -0.4 is 11.0 Å². The number of benzene rings is 1. The standard InChI is InChI=1S/C22H26N4O2/c1-5-12-26-22(28)18-9-7-6-8-17(18)20(25-26)21(27)24-23-19-13-16(14(2)3)11-10-15(19)4/h6-10,16H,2,5,11-13H2,1,3-4H3,(H,24,27)/b23-19-/t16-/m0/s1. The molecule has 2 aromatic rings. The Bertz CT molecular complexity index is 1050. The predicted octanol–water partition coefficient (Wildman–Crippen LogP) is 3.82. The Morgan fingerprint density at radius 2 is 2.07 bits per heavy atom. The van der Waals surface area contributed by atoms with Gasteiger partial charge in [0.25, 0.3) is 11.5 Å². The molecule has 1 aliphatic carbocycles. The van der Waals surface area contributed by atoms with Crippen molar-refractivity contribution in [2.45, 2.75) is 46.6 Å². The zero-order valence-corrected chi connectivity index (χ0v) is 16.7. The molecular formula is C22H26N4O2. The fourth-order valence-corrected chi connectivity index (χ4v) is 3.36. The maximum Gasteiger partial charge on any atom is 0.292 e. The lowest BCUT2D eigenvalue weighted by atomic mass is 9.85. The summed E-state index contributed by atoms with van der Waals surface area (Å²) in [6, 6.07) is 7.04. The van der Waals surface area contributed by atoms with Crippen molar-refractivity contribution >= 4 is 22.4 Å². The van der Waals surface area contributed by atoms with Crippen LogP contribution in [0, 0.1) is 5.92 Å². The van der Waals surface area contributed by atoms with Gasteiger partial charge in [0.05, 0.1) is 11.1 Å². The third-order valence-corrected chi connectivity index (χ3v) is 5.11. The van der Waals surface area contributed by atoms with E-state index >= 15 is 0 Å². The van der Waals surface area contributed by atoms with Gasteiger partial charge < -0.3 is 0 Å². The van der Waals surface area contributed by atoms with E-state index in [2.05, 4.69) is 28.3 Å². The number of aryl methyl sites for hydroxylation is 1. The Kier molecular flexibility index (Phi) is 5.87. The highest BCUT2D eigenvalue weighted by Gasteiger charge is 2.20. The highest BCUT2D eigenvalue weighted by Crippen LogP contribution is 2.26. The fourth-order valence-electron chi connectivity index (χ4n) is 3.36. The molecule has 1 aromatic carbocycles. The molecule has 28 heavy (non-hydrogen) atoms. The number of allylic oxidation sites excluding steroid dienone is 3. The molecule has 1 heterocycles. The zero-order valence-electron chi connectivity index (χ0n) is 16.7. The van der Waals surface area contributed by atoms with Crippen molar-refractivity contribution in [3.05, 3.63) is 64.1 Å². The molecule has 1 aromatic heterocycles. The minimum absolute atomic E-state index is 0.185. The number of aromatic nitrogens is 2. The molecule has 0 radical (unpaired) electrons. The summed E-state index contributed by atoms with van der Waals surface area (Å²) in [4.78, 5) is 25.4. The number of nitrogens with one attached hydrogen (secondary N) is 1. The molecule has 0 spiro atoms. The largest absolute Gasteiger partial charge is 0.292 e. The predicted molar refractivity (Wildman–Crippen MR) is 112 cm³/mol. The number of rotatable bonds is 5. The second-order valence-corrected chi connectivity index (χ2v) is 7.29. The number of hydrazone groups is 1. The number of nitrogens with zero attached hydrogens (tertiary/aromatic N) is 3. The lowest BCUT2D eigenvalue weighted by Gasteiger charge is -2.22. The van der Waals surface area contributed by atoms with E-state index in [0.717, 1.165) is 36.1 Å². The van der Waals surface area contributed by atoms with Gasteiger partial charge in [-0.15, -0.1) is 0 Å². The molecule has 6 nitrogen and oxygen atoms in total. The van der Waals surface area contributed by atoms with Gasteiger partial charge in [0.15, 0.2) is 5.69 Å². The van der Waals surface area contributed by atoms with E-state index in [1.54, 1.807) is 24.3 Å². The smallest absolute Gasteiger partial charge is 0.267 e. The topological polar surface area (TPSA) is 76.3 Å². The van der Waals surface area contributed by atoms with Crippen LogP contribution in [0.5, 0.6) is 0 Å². The molecule has 1 amide bonds. The van der Waals surface area contributed by atoms with Crippen LogP contribution in [0.2, 0.25) is 0 Å². The van der Waals surface area contributed by atoms with Crippen molar-refractivity contribution in [3.63, 3.8) is 0 Å². The maximum absolute atomic E-state index is 12.9. The van der Waals surface area contributed by atoms with Crippen LogP contribution in [0.25, 0.3) is 10.8 Å². The van der Waals surface area contributed by atoms with E-state index in [4.69, 9.17) is 0 Å². The van der Waals surface area contributed by atoms with Crippen molar-refractivity contribution in [1.82, 2.24) is 15.2 Å². The van der Waals surface area contributed by atoms with Gasteiger partial charge in [-0.2, -0.15) is 10.2 Å². The molecule has 1 atom stereocenters. The van der Waals surface area contributed by atoms with Crippen molar-refractivity contribution in [2.75, 3.05) is 0 Å². The van der Waals surface area contributed by atoms with Crippen molar-refractivity contribution in [3.8, 4) is 0 Å². The van der Waals surface area contributed by atoms with E-state index in [1.165, 1.54) is 4.68 Å². The number of hydrogen-bond donors (Lipinski definition) is 1. The number of hydrogen-bond acceptors (Lipinski definition) is 4. The maximum atomic E-state index is 12.9. The van der Waals surface area contributed by atoms with Gasteiger partial charge in [-0.05, 0) is 50.7 Å². The molecule has 0 aliphatic heterocycles. The summed E-state index contributed by atoms with van der Waals surface area (Å²) in [5.74, 6) is -0.0800. The van der Waals surface area contributed by atoms with Gasteiger partial charge in [0.2, 0.25) is 0 Å². The van der Waals surface area contributed by atoms with Gasteiger partial charge in [-0.3, -0.25) is 9.59 Å². The molecule has 0 saturated carbocycles. The summed E-state index contributed by atoms with van der Waals surface area (Å²) >= 11 is 0. The molecule has 0 bridgehead atoms. The summed E-state index contributed by atoms with van der Waals surface area (Å²) in [6.07, 6.45) is 4.58. The van der Waals surface area contributed by atoms with Crippen LogP contribution in [-0.2, 0) is 6.54 Å². The molecule has 0 fully saturated rings. The van der Waals surface area contributed by atoms with Gasteiger partial charge in [-0.25, -0.2) is 10.1 Å². The third kappa shape index (κ3) is 3.96. The van der Waals surface area contributed by atoms with E-state index in [-0.39, 0.29) is 11.3 Å². The number of amides is 1. The first-order valence-electron chi connectivity index (χ1n) is 9.61. The lowest BCUT2D eigenvalue weighted by Crippen LogP contribution is -2.29. The van der Waals surface area contributed by atoms with E-state index < -0.39 is 5.91 Å². The van der Waals surface area contributed by atoms with Gasteiger partial charge >= 0.3 is 0 Å². The Hall–Kier alpha value is -3.02. The SMILES string of the molecule is C=C(C)[C@H]1CC=C(C)/C(=N\NC(=O)c2nn(CCC)c(=O)c3ccccc23)C1. The highest BCUT2D eigenvalue weighted by atomic mass is 16.2. The molecule has 1 aliphatic rings. The van der Waals surface area contributed by atoms with Gasteiger partial charge in [-0.1, -0.05) is 43.4 Å². The first-order valence-corrected chi connectivity index (χ1v) is 9.61. The monoisotopic (exact) mass is 378 g/mol. The number of fused-ring (bicyclic) bond motifs is 1. The summed E-state index contributed by atoms with van der Waals surface area (Å²) < 4.78 is 1.35. The minimum atomic E-state index is -0.418. The van der Waals surface area contributed by atoms with Crippen LogP contribution in [0.3, 0.4) is 0 Å². The second kappa shape index (κ2) is 8.33. The van der Waals surface area contributed by atoms with E-state index in [9.17, 15) is 9.59 Å². The van der Waals surface area contributed by atoms with Crippen LogP contribution in [0.1, 0.15) is 50.5 Å². The first-order chi connectivity index (χ1) is 13.4. The normalized spacial score (nSPS) is 18.2. The Labute approximate surface area is 164 Å². The molecule has 1 N–H and O–H groups in total. The highest BCUT2D eigenvalue weighted by molar-refractivity contribution is 6.06. The lowest BCUT2D eigenvalue weighted by molar-refractivity contribution is 0.0949. The quantitative estimate of drug-likeness (QED) is 0.635. The number of carbonyl (C=O) groups is 1. The molecular weight excluding hydrogens is 352 g/mol. The molecule has 6 heteroatoms. The average molecular weight is 378 g/mol. The summed E-state index contributed by atoms with van der Waals surface area (Å²) in [5, 5.41) is 9.69. The van der Waals surface area contributed by atoms with Gasteiger partial charge in [0.1, 0.15) is 0 Å². The Balaban J connectivity index is 1.95. The van der Waals surface area contributed by atoms with E-state index in [1.807, 2.05) is 20.8 Å². The van der Waals surface area contributed by atoms with Crippen LogP contribution in [0.4, 0.5) is 0 Å². The first kappa shape index (κ1) is 19.7. The molecule has 0 unspecified atom stereocenters. The van der Waals surface area contributed by atoms with Crippen molar-refractivity contribution in [1.29, 1.82) is 0 Å². The summed E-state index contributed by atoms with van der Waals surface area (Å²) in [5.41, 5.74) is 5.69. The van der Waals surface area contributed by atoms with Crippen LogP contribution in [0.15, 0.2) is 58.0 Å². The summed E-state index contributed by atoms with van der Waals surface area (Å²) in [6.45, 7) is 10.5. The van der Waals surface area contributed by atoms with Crippen LogP contribution >= 0.6 is 0 Å². The third-order valence-electron chi connectivity index (χ3n) is 5.11. The Morgan fingerprint density at radius 1 is 1.36 bits per heavy atom.